The lowest BCUT2D eigenvalue weighted by atomic mass is 10.4. The van der Waals surface area contributed by atoms with Crippen molar-refractivity contribution in [2.24, 2.45) is 0 Å². The van der Waals surface area contributed by atoms with Gasteiger partial charge in [0.2, 0.25) is 0 Å². The van der Waals surface area contributed by atoms with E-state index in [1.807, 2.05) is 0 Å². The summed E-state index contributed by atoms with van der Waals surface area (Å²) in [6, 6.07) is 0. The SMILES string of the molecule is C=C.C=C.C=C.C=C.C=C.C=C.C=C.C=C.C=C.C=C(C)C(=O)O.COCCO. The van der Waals surface area contributed by atoms with Gasteiger partial charge < -0.3 is 14.9 Å². The number of hydrogen-bond donors (Lipinski definition) is 2. The number of carboxylic acids is 1. The van der Waals surface area contributed by atoms with E-state index in [1.54, 1.807) is 7.11 Å². The van der Waals surface area contributed by atoms with Crippen molar-refractivity contribution in [1.82, 2.24) is 0 Å². The van der Waals surface area contributed by atoms with E-state index in [-0.39, 0.29) is 12.2 Å². The largest absolute Gasteiger partial charge is 0.478 e. The monoisotopic (exact) mass is 414 g/mol. The number of carbonyl (C=O) groups is 1. The molecule has 29 heavy (non-hydrogen) atoms. The van der Waals surface area contributed by atoms with Crippen LogP contribution in [0.15, 0.2) is 131 Å². The smallest absolute Gasteiger partial charge is 0.330 e. The molecule has 0 unspecified atom stereocenters. The van der Waals surface area contributed by atoms with E-state index in [2.05, 4.69) is 130 Å². The second-order valence-corrected chi connectivity index (χ2v) is 1.80. The average Bonchev–Trinajstić information content (AvgIpc) is 2.86. The van der Waals surface area contributed by atoms with Crippen molar-refractivity contribution < 1.29 is 19.7 Å². The maximum Gasteiger partial charge on any atom is 0.330 e. The van der Waals surface area contributed by atoms with Gasteiger partial charge in [0.05, 0.1) is 13.2 Å². The van der Waals surface area contributed by atoms with E-state index < -0.39 is 5.97 Å². The summed E-state index contributed by atoms with van der Waals surface area (Å²) in [6.07, 6.45) is 0. The summed E-state index contributed by atoms with van der Waals surface area (Å²) in [7, 11) is 1.55. The van der Waals surface area contributed by atoms with Gasteiger partial charge in [0.1, 0.15) is 0 Å². The molecule has 0 aliphatic carbocycles. The Bertz CT molecular complexity index is 186. The third-order valence-electron chi connectivity index (χ3n) is 0.661. The van der Waals surface area contributed by atoms with Crippen LogP contribution < -0.4 is 0 Å². The van der Waals surface area contributed by atoms with Crippen LogP contribution in [0.5, 0.6) is 0 Å². The minimum Gasteiger partial charge on any atom is -0.478 e. The van der Waals surface area contributed by atoms with Gasteiger partial charge in [0, 0.05) is 12.7 Å². The Labute approximate surface area is 184 Å². The predicted molar refractivity (Wildman–Crippen MR) is 143 cm³/mol. The Balaban J connectivity index is -0.0000000143. The van der Waals surface area contributed by atoms with Gasteiger partial charge in [0.15, 0.2) is 0 Å². The fourth-order valence-electron chi connectivity index (χ4n) is 0.0913. The molecule has 174 valence electrons. The van der Waals surface area contributed by atoms with Gasteiger partial charge in [-0.15, -0.1) is 118 Å². The topological polar surface area (TPSA) is 66.8 Å². The fourth-order valence-corrected chi connectivity index (χ4v) is 0.0913. The minimum absolute atomic E-state index is 0.122. The Morgan fingerprint density at radius 1 is 0.655 bits per heavy atom. The average molecular weight is 415 g/mol. The lowest BCUT2D eigenvalue weighted by Gasteiger charge is -1.84. The maximum atomic E-state index is 9.60. The van der Waals surface area contributed by atoms with Crippen LogP contribution in [0.2, 0.25) is 0 Å². The van der Waals surface area contributed by atoms with E-state index >= 15 is 0 Å². The van der Waals surface area contributed by atoms with Crippen LogP contribution in [0.1, 0.15) is 6.92 Å². The van der Waals surface area contributed by atoms with Crippen molar-refractivity contribution in [2.45, 2.75) is 6.92 Å². The molecule has 0 aliphatic rings. The van der Waals surface area contributed by atoms with E-state index in [0.29, 0.717) is 6.61 Å². The maximum absolute atomic E-state index is 9.60. The van der Waals surface area contributed by atoms with E-state index in [1.165, 1.54) is 6.92 Å². The molecular formula is C25H50O4. The van der Waals surface area contributed by atoms with Crippen LogP contribution in [0.3, 0.4) is 0 Å². The van der Waals surface area contributed by atoms with Crippen LogP contribution in [-0.2, 0) is 9.53 Å². The van der Waals surface area contributed by atoms with Crippen molar-refractivity contribution in [3.8, 4) is 0 Å². The number of carboxylic acid groups (broad SMARTS) is 1. The third-order valence-corrected chi connectivity index (χ3v) is 0.661. The fraction of sp³-hybridized carbons (Fsp3) is 0.160. The minimum atomic E-state index is -0.935. The molecule has 0 amide bonds. The van der Waals surface area contributed by atoms with E-state index in [9.17, 15) is 4.79 Å². The predicted octanol–water partition coefficient (Wildman–Crippen LogP) is 7.49. The number of ether oxygens (including phenoxy) is 1. The van der Waals surface area contributed by atoms with Crippen LogP contribution in [0, 0.1) is 0 Å². The Kier molecular flexibility index (Phi) is 1050. The van der Waals surface area contributed by atoms with Gasteiger partial charge in [-0.3, -0.25) is 0 Å². The molecule has 2 N–H and O–H groups in total. The standard InChI is InChI=1S/C4H6O2.C3H8O2.9C2H4/c1-3(2)4(5)6;1-5-3-2-4;9*1-2/h1H2,2H3,(H,5,6);4H,2-3H2,1H3;9*1-2H2. The first-order valence-corrected chi connectivity index (χ1v) is 7.54. The molecule has 0 heterocycles. The second kappa shape index (κ2) is 419. The van der Waals surface area contributed by atoms with Crippen molar-refractivity contribution in [3.63, 3.8) is 0 Å². The van der Waals surface area contributed by atoms with Crippen molar-refractivity contribution >= 4 is 5.97 Å². The first-order chi connectivity index (χ1) is 14.1. The summed E-state index contributed by atoms with van der Waals surface area (Å²) in [5, 5.41) is 15.8. The summed E-state index contributed by atoms with van der Waals surface area (Å²) >= 11 is 0. The van der Waals surface area contributed by atoms with Gasteiger partial charge >= 0.3 is 5.97 Å². The zero-order valence-electron chi connectivity index (χ0n) is 19.6. The number of methoxy groups -OCH3 is 1. The zero-order chi connectivity index (χ0) is 27.3. The number of hydrogen-bond acceptors (Lipinski definition) is 3. The van der Waals surface area contributed by atoms with Crippen LogP contribution in [-0.4, -0.2) is 36.5 Å². The molecule has 0 fully saturated rings. The summed E-state index contributed by atoms with van der Waals surface area (Å²) in [4.78, 5) is 9.60. The number of aliphatic hydroxyl groups is 1. The molecule has 0 atom stereocenters. The number of aliphatic hydroxyl groups excluding tert-OH is 1. The van der Waals surface area contributed by atoms with E-state index in [0.717, 1.165) is 0 Å². The lowest BCUT2D eigenvalue weighted by molar-refractivity contribution is -0.132. The summed E-state index contributed by atoms with van der Waals surface area (Å²) < 4.78 is 4.44. The molecule has 0 aromatic rings. The van der Waals surface area contributed by atoms with Crippen molar-refractivity contribution in [3.05, 3.63) is 131 Å². The molecule has 0 aromatic carbocycles. The summed E-state index contributed by atoms with van der Waals surface area (Å²) in [6.45, 7) is 59.2. The molecule has 0 saturated carbocycles. The molecule has 0 spiro atoms. The molecule has 0 radical (unpaired) electrons. The molecule has 4 heteroatoms. The van der Waals surface area contributed by atoms with Gasteiger partial charge in [0.25, 0.3) is 0 Å². The molecular weight excluding hydrogens is 364 g/mol. The van der Waals surface area contributed by atoms with E-state index in [4.69, 9.17) is 10.2 Å². The molecule has 0 saturated heterocycles. The molecule has 4 nitrogen and oxygen atoms in total. The Morgan fingerprint density at radius 2 is 0.793 bits per heavy atom. The van der Waals surface area contributed by atoms with Crippen LogP contribution >= 0.6 is 0 Å². The third kappa shape index (κ3) is 1650. The van der Waals surface area contributed by atoms with Gasteiger partial charge in [-0.05, 0) is 6.92 Å². The van der Waals surface area contributed by atoms with Crippen molar-refractivity contribution in [2.75, 3.05) is 20.3 Å². The van der Waals surface area contributed by atoms with Gasteiger partial charge in [-0.25, -0.2) is 4.79 Å². The van der Waals surface area contributed by atoms with Crippen LogP contribution in [0.25, 0.3) is 0 Å². The first kappa shape index (κ1) is 72.5. The first-order valence-electron chi connectivity index (χ1n) is 7.54. The highest BCUT2D eigenvalue weighted by atomic mass is 16.5. The normalized spacial score (nSPS) is 4.24. The molecule has 0 bridgehead atoms. The summed E-state index contributed by atoms with van der Waals surface area (Å²) in [5.74, 6) is -0.935. The number of aliphatic carboxylic acids is 1. The van der Waals surface area contributed by atoms with Crippen molar-refractivity contribution in [1.29, 1.82) is 0 Å². The number of rotatable bonds is 3. The second-order valence-electron chi connectivity index (χ2n) is 1.80. The molecule has 0 aromatic heterocycles. The quantitative estimate of drug-likeness (QED) is 0.371. The lowest BCUT2D eigenvalue weighted by Crippen LogP contribution is -1.92. The molecule has 0 aliphatic heterocycles. The Morgan fingerprint density at radius 3 is 0.793 bits per heavy atom. The van der Waals surface area contributed by atoms with Crippen LogP contribution in [0.4, 0.5) is 0 Å². The highest BCUT2D eigenvalue weighted by Crippen LogP contribution is 1.81. The van der Waals surface area contributed by atoms with Gasteiger partial charge in [-0.2, -0.15) is 0 Å². The highest BCUT2D eigenvalue weighted by molar-refractivity contribution is 5.84. The zero-order valence-corrected chi connectivity index (χ0v) is 19.6. The molecule has 0 rings (SSSR count). The highest BCUT2D eigenvalue weighted by Gasteiger charge is 1.90. The summed E-state index contributed by atoms with van der Waals surface area (Å²) in [5.41, 5.74) is 0.176. The van der Waals surface area contributed by atoms with Gasteiger partial charge in [-0.1, -0.05) is 6.58 Å². The Hall–Kier alpha value is -3.21.